The zero-order chi connectivity index (χ0) is 27.6. The highest BCUT2D eigenvalue weighted by molar-refractivity contribution is 5.17. The molecule has 1 fully saturated rings. The monoisotopic (exact) mass is 538 g/mol. The van der Waals surface area contributed by atoms with Crippen LogP contribution in [0.25, 0.3) is 0 Å². The van der Waals surface area contributed by atoms with E-state index >= 15 is 0 Å². The average molecular weight is 539 g/mol. The van der Waals surface area contributed by atoms with Gasteiger partial charge in [-0.3, -0.25) is 0 Å². The molecule has 0 aromatic heterocycles. The molecule has 0 heterocycles. The van der Waals surface area contributed by atoms with E-state index in [9.17, 15) is 5.11 Å². The van der Waals surface area contributed by atoms with E-state index in [1.807, 2.05) is 128 Å². The Labute approximate surface area is 237 Å². The molecule has 3 unspecified atom stereocenters. The highest BCUT2D eigenvalue weighted by Crippen LogP contribution is 2.35. The number of ether oxygens (including phenoxy) is 4. The lowest BCUT2D eigenvalue weighted by Gasteiger charge is -2.48. The Morgan fingerprint density at radius 3 is 1.05 bits per heavy atom. The summed E-state index contributed by atoms with van der Waals surface area (Å²) >= 11 is 0. The lowest BCUT2D eigenvalue weighted by atomic mass is 9.78. The number of aliphatic hydroxyl groups excluding tert-OH is 1. The Morgan fingerprint density at radius 1 is 0.425 bits per heavy atom. The first-order valence-electron chi connectivity index (χ1n) is 14.0. The zero-order valence-corrected chi connectivity index (χ0v) is 22.9. The minimum atomic E-state index is -0.804. The summed E-state index contributed by atoms with van der Waals surface area (Å²) in [5.41, 5.74) is 4.20. The molecule has 0 aliphatic heterocycles. The van der Waals surface area contributed by atoms with Gasteiger partial charge in [-0.05, 0) is 22.3 Å². The van der Waals surface area contributed by atoms with Crippen LogP contribution in [0.4, 0.5) is 0 Å². The number of hydrogen-bond donors (Lipinski definition) is 1. The van der Waals surface area contributed by atoms with Gasteiger partial charge in [0.2, 0.25) is 0 Å². The van der Waals surface area contributed by atoms with E-state index in [1.165, 1.54) is 0 Å². The Morgan fingerprint density at radius 2 is 0.700 bits per heavy atom. The van der Waals surface area contributed by atoms with E-state index in [2.05, 4.69) is 0 Å². The maximum atomic E-state index is 11.6. The van der Waals surface area contributed by atoms with Gasteiger partial charge in [0, 0.05) is 5.92 Å². The van der Waals surface area contributed by atoms with Crippen LogP contribution in [0, 0.1) is 5.92 Å². The molecule has 40 heavy (non-hydrogen) atoms. The molecule has 1 N–H and O–H groups in total. The van der Waals surface area contributed by atoms with Crippen LogP contribution in [-0.4, -0.2) is 35.6 Å². The summed E-state index contributed by atoms with van der Waals surface area (Å²) in [5.74, 6) is -0.248. The largest absolute Gasteiger partial charge is 0.390 e. The van der Waals surface area contributed by atoms with Crippen LogP contribution in [0.5, 0.6) is 0 Å². The summed E-state index contributed by atoms with van der Waals surface area (Å²) in [7, 11) is 0. The van der Waals surface area contributed by atoms with Crippen molar-refractivity contribution in [2.75, 3.05) is 0 Å². The highest BCUT2D eigenvalue weighted by atomic mass is 16.6. The summed E-state index contributed by atoms with van der Waals surface area (Å²) in [6.45, 7) is 3.55. The fraction of sp³-hybridized carbons (Fsp3) is 0.314. The van der Waals surface area contributed by atoms with Crippen LogP contribution in [0.1, 0.15) is 29.2 Å². The summed E-state index contributed by atoms with van der Waals surface area (Å²) in [4.78, 5) is 0. The predicted molar refractivity (Wildman–Crippen MR) is 155 cm³/mol. The fourth-order valence-corrected chi connectivity index (χ4v) is 5.25. The third kappa shape index (κ3) is 7.45. The second-order valence-electron chi connectivity index (χ2n) is 10.4. The van der Waals surface area contributed by atoms with Crippen molar-refractivity contribution in [1.29, 1.82) is 0 Å². The van der Waals surface area contributed by atoms with Crippen LogP contribution in [0.3, 0.4) is 0 Å². The minimum absolute atomic E-state index is 0.248. The van der Waals surface area contributed by atoms with Crippen LogP contribution in [-0.2, 0) is 45.4 Å². The van der Waals surface area contributed by atoms with Crippen molar-refractivity contribution >= 4 is 0 Å². The molecule has 5 heteroatoms. The van der Waals surface area contributed by atoms with Crippen molar-refractivity contribution in [2.45, 2.75) is 63.9 Å². The molecular weight excluding hydrogens is 500 g/mol. The number of hydrogen-bond acceptors (Lipinski definition) is 5. The smallest absolute Gasteiger partial charge is 0.115 e. The van der Waals surface area contributed by atoms with Crippen molar-refractivity contribution in [1.82, 2.24) is 0 Å². The Hall–Kier alpha value is -3.32. The predicted octanol–water partition coefficient (Wildman–Crippen LogP) is 6.34. The molecule has 1 aliphatic carbocycles. The number of rotatable bonds is 12. The van der Waals surface area contributed by atoms with Gasteiger partial charge in [-0.15, -0.1) is 0 Å². The molecule has 4 aromatic carbocycles. The van der Waals surface area contributed by atoms with E-state index in [-0.39, 0.29) is 5.92 Å². The molecule has 0 radical (unpaired) electrons. The van der Waals surface area contributed by atoms with Crippen molar-refractivity contribution in [3.63, 3.8) is 0 Å². The van der Waals surface area contributed by atoms with E-state index in [0.717, 1.165) is 22.3 Å². The van der Waals surface area contributed by atoms with Gasteiger partial charge in [-0.25, -0.2) is 0 Å². The van der Waals surface area contributed by atoms with Gasteiger partial charge in [0.25, 0.3) is 0 Å². The average Bonchev–Trinajstić information content (AvgIpc) is 3.01. The first-order valence-corrected chi connectivity index (χ1v) is 14.0. The molecule has 0 saturated heterocycles. The van der Waals surface area contributed by atoms with Crippen molar-refractivity contribution < 1.29 is 24.1 Å². The lowest BCUT2D eigenvalue weighted by Crippen LogP contribution is -2.63. The third-order valence-corrected chi connectivity index (χ3v) is 7.51. The first kappa shape index (κ1) is 28.2. The summed E-state index contributed by atoms with van der Waals surface area (Å²) < 4.78 is 26.2. The van der Waals surface area contributed by atoms with Gasteiger partial charge < -0.3 is 24.1 Å². The van der Waals surface area contributed by atoms with Gasteiger partial charge in [-0.2, -0.15) is 0 Å². The molecule has 6 atom stereocenters. The Bertz CT molecular complexity index is 1150. The van der Waals surface area contributed by atoms with Gasteiger partial charge in [0.05, 0.1) is 38.6 Å². The van der Waals surface area contributed by atoms with E-state index < -0.39 is 30.5 Å². The van der Waals surface area contributed by atoms with Crippen LogP contribution in [0.15, 0.2) is 121 Å². The standard InChI is InChI=1S/C35H38O5/c1-26-31(36)33(38-23-28-16-8-3-9-17-28)35(40-25-30-20-12-5-13-21-30)34(39-24-29-18-10-4-11-19-29)32(26)37-22-27-14-6-2-7-15-27/h2-21,26,31-36H,22-25H2,1H3/t26?,31-,32?,33+,34-,35?/m0/s1. The second-order valence-corrected chi connectivity index (χ2v) is 10.4. The van der Waals surface area contributed by atoms with Gasteiger partial charge in [0.15, 0.2) is 0 Å². The SMILES string of the molecule is CC1C(OCc2ccccc2)[C@H](OCc2ccccc2)C(OCc2ccccc2)[C@H](OCc2ccccc2)[C@H]1O. The molecule has 208 valence electrons. The van der Waals surface area contributed by atoms with Gasteiger partial charge in [-0.1, -0.05) is 128 Å². The Balaban J connectivity index is 1.42. The minimum Gasteiger partial charge on any atom is -0.390 e. The normalized spacial score (nSPS) is 24.6. The van der Waals surface area contributed by atoms with E-state index in [0.29, 0.717) is 26.4 Å². The molecule has 0 bridgehead atoms. The molecule has 1 saturated carbocycles. The maximum absolute atomic E-state index is 11.6. The quantitative estimate of drug-likeness (QED) is 0.228. The first-order chi connectivity index (χ1) is 19.7. The van der Waals surface area contributed by atoms with Crippen molar-refractivity contribution in [3.05, 3.63) is 144 Å². The topological polar surface area (TPSA) is 57.2 Å². The van der Waals surface area contributed by atoms with E-state index in [1.54, 1.807) is 0 Å². The summed E-state index contributed by atoms with van der Waals surface area (Å²) in [6, 6.07) is 40.2. The summed E-state index contributed by atoms with van der Waals surface area (Å²) in [6.07, 6.45) is -2.83. The van der Waals surface area contributed by atoms with Gasteiger partial charge in [0.1, 0.15) is 18.3 Å². The van der Waals surface area contributed by atoms with E-state index in [4.69, 9.17) is 18.9 Å². The second kappa shape index (κ2) is 14.4. The number of benzene rings is 4. The molecule has 0 amide bonds. The van der Waals surface area contributed by atoms with Gasteiger partial charge >= 0.3 is 0 Å². The zero-order valence-electron chi connectivity index (χ0n) is 22.9. The molecule has 5 nitrogen and oxygen atoms in total. The van der Waals surface area contributed by atoms with Crippen molar-refractivity contribution in [2.24, 2.45) is 5.92 Å². The van der Waals surface area contributed by atoms with Crippen LogP contribution in [0.2, 0.25) is 0 Å². The molecule has 5 rings (SSSR count). The summed E-state index contributed by atoms with van der Waals surface area (Å²) in [5, 5.41) is 11.6. The third-order valence-electron chi connectivity index (χ3n) is 7.51. The molecule has 0 spiro atoms. The lowest BCUT2D eigenvalue weighted by molar-refractivity contribution is -0.258. The molecule has 4 aromatic rings. The van der Waals surface area contributed by atoms with Crippen LogP contribution < -0.4 is 0 Å². The maximum Gasteiger partial charge on any atom is 0.115 e. The Kier molecular flexibility index (Phi) is 10.1. The highest BCUT2D eigenvalue weighted by Gasteiger charge is 2.51. The van der Waals surface area contributed by atoms with Crippen molar-refractivity contribution in [3.8, 4) is 0 Å². The fourth-order valence-electron chi connectivity index (χ4n) is 5.25. The molecule has 1 aliphatic rings. The number of aliphatic hydroxyl groups is 1. The molecular formula is C35H38O5. The van der Waals surface area contributed by atoms with Crippen LogP contribution >= 0.6 is 0 Å².